The van der Waals surface area contributed by atoms with Gasteiger partial charge in [0.25, 0.3) is 11.8 Å². The second-order valence-corrected chi connectivity index (χ2v) is 20.4. The molecule has 0 bridgehead atoms. The summed E-state index contributed by atoms with van der Waals surface area (Å²) < 4.78 is 31.3. The van der Waals surface area contributed by atoms with Gasteiger partial charge in [0.05, 0.1) is 31.8 Å². The molecule has 2 aliphatic rings. The molecule has 8 aromatic rings. The summed E-state index contributed by atoms with van der Waals surface area (Å²) in [4.78, 5) is 58.7. The molecule has 4 aromatic carbocycles. The number of thiophene rings is 2. The summed E-state index contributed by atoms with van der Waals surface area (Å²) in [6.07, 6.45) is 6.38. The number of nitrogens with one attached hydrogen (secondary N) is 2. The van der Waals surface area contributed by atoms with E-state index >= 15 is 0 Å². The van der Waals surface area contributed by atoms with Gasteiger partial charge < -0.3 is 39.8 Å². The average Bonchev–Trinajstić information content (AvgIpc) is 4.26. The third-order valence-electron chi connectivity index (χ3n) is 13.4. The zero-order valence-corrected chi connectivity index (χ0v) is 42.6. The van der Waals surface area contributed by atoms with Gasteiger partial charge in [0.15, 0.2) is 0 Å². The van der Waals surface area contributed by atoms with E-state index in [0.717, 1.165) is 132 Å². The highest BCUT2D eigenvalue weighted by molar-refractivity contribution is 7.12. The maximum Gasteiger partial charge on any atom is 0.414 e. The first-order chi connectivity index (χ1) is 35.9. The van der Waals surface area contributed by atoms with Crippen LogP contribution < -0.4 is 10.6 Å². The second kappa shape index (κ2) is 26.2. The number of carboxylic acids is 2. The SMILES string of the molecule is O=C(NCCN1CCC(Cc2nc3ccccc3n2Cc2ccc(F)cc2)CC1)c1cccs1.O=C(NCCN1CCC(Cc2nc3ccccc3n2Cc2ccc(F)cc2)CC1)c1cccs1.O=C(O)C(=O)O. The van der Waals surface area contributed by atoms with Gasteiger partial charge in [-0.3, -0.25) is 9.59 Å². The molecule has 14 nitrogen and oxygen atoms in total. The Morgan fingerprint density at radius 3 is 1.26 bits per heavy atom. The molecule has 0 aliphatic carbocycles. The largest absolute Gasteiger partial charge is 0.473 e. The molecule has 0 unspecified atom stereocenters. The van der Waals surface area contributed by atoms with E-state index in [9.17, 15) is 18.4 Å². The first-order valence-electron chi connectivity index (χ1n) is 24.9. The summed E-state index contributed by atoms with van der Waals surface area (Å²) in [7, 11) is 0. The van der Waals surface area contributed by atoms with Crippen molar-refractivity contribution in [2.45, 2.75) is 51.6 Å². The van der Waals surface area contributed by atoms with Crippen molar-refractivity contribution < 1.29 is 38.2 Å². The quantitative estimate of drug-likeness (QED) is 0.0684. The van der Waals surface area contributed by atoms with Crippen molar-refractivity contribution in [2.24, 2.45) is 11.8 Å². The monoisotopic (exact) mass is 1040 g/mol. The van der Waals surface area contributed by atoms with E-state index in [1.165, 1.54) is 46.9 Å². The number of carboxylic acid groups (broad SMARTS) is 2. The molecule has 4 N–H and O–H groups in total. The molecular formula is C56H60F2N8O6S2. The first-order valence-corrected chi connectivity index (χ1v) is 26.6. The van der Waals surface area contributed by atoms with Gasteiger partial charge in [-0.15, -0.1) is 22.7 Å². The van der Waals surface area contributed by atoms with Crippen molar-refractivity contribution in [3.8, 4) is 0 Å². The maximum absolute atomic E-state index is 13.4. The predicted octanol–water partition coefficient (Wildman–Crippen LogP) is 9.10. The number of amides is 2. The van der Waals surface area contributed by atoms with Crippen molar-refractivity contribution in [1.82, 2.24) is 39.5 Å². The Morgan fingerprint density at radius 1 is 0.527 bits per heavy atom. The fourth-order valence-corrected chi connectivity index (χ4v) is 10.7. The minimum Gasteiger partial charge on any atom is -0.473 e. The zero-order chi connectivity index (χ0) is 51.8. The number of carbonyl (C=O) groups is 4. The number of aromatic nitrogens is 4. The maximum atomic E-state index is 13.4. The molecular weight excluding hydrogens is 983 g/mol. The minimum atomic E-state index is -1.82. The highest BCUT2D eigenvalue weighted by Gasteiger charge is 2.24. The van der Waals surface area contributed by atoms with Gasteiger partial charge in [-0.2, -0.15) is 0 Å². The highest BCUT2D eigenvalue weighted by atomic mass is 32.1. The van der Waals surface area contributed by atoms with Crippen LogP contribution in [0.25, 0.3) is 22.1 Å². The van der Waals surface area contributed by atoms with E-state index < -0.39 is 11.9 Å². The molecule has 4 aromatic heterocycles. The Bertz CT molecular complexity index is 2870. The van der Waals surface area contributed by atoms with E-state index in [-0.39, 0.29) is 23.4 Å². The van der Waals surface area contributed by atoms with Crippen LogP contribution in [0.5, 0.6) is 0 Å². The van der Waals surface area contributed by atoms with Crippen LogP contribution in [0.2, 0.25) is 0 Å². The van der Waals surface area contributed by atoms with Crippen LogP contribution in [-0.2, 0) is 35.5 Å². The van der Waals surface area contributed by atoms with Crippen LogP contribution in [0.1, 0.15) is 67.8 Å². The molecule has 18 heteroatoms. The molecule has 74 heavy (non-hydrogen) atoms. The third kappa shape index (κ3) is 15.0. The van der Waals surface area contributed by atoms with Crippen LogP contribution >= 0.6 is 22.7 Å². The van der Waals surface area contributed by atoms with Crippen LogP contribution in [-0.4, -0.2) is 115 Å². The second-order valence-electron chi connectivity index (χ2n) is 18.5. The summed E-state index contributed by atoms with van der Waals surface area (Å²) in [5.74, 6) is -0.657. The van der Waals surface area contributed by atoms with Crippen molar-refractivity contribution in [3.63, 3.8) is 0 Å². The Morgan fingerprint density at radius 2 is 0.905 bits per heavy atom. The molecule has 0 saturated carbocycles. The number of hydrogen-bond acceptors (Lipinski definition) is 10. The number of nitrogens with zero attached hydrogens (tertiary/aromatic N) is 6. The van der Waals surface area contributed by atoms with Gasteiger partial charge in [0.2, 0.25) is 0 Å². The predicted molar refractivity (Wildman–Crippen MR) is 285 cm³/mol. The zero-order valence-electron chi connectivity index (χ0n) is 41.0. The molecule has 0 spiro atoms. The van der Waals surface area contributed by atoms with E-state index in [1.54, 1.807) is 0 Å². The Kier molecular flexibility index (Phi) is 18.8. The molecule has 0 atom stereocenters. The molecule has 2 aliphatic heterocycles. The number of imidazole rings is 2. The number of aliphatic carboxylic acids is 2. The molecule has 2 fully saturated rings. The van der Waals surface area contributed by atoms with Gasteiger partial charge in [0.1, 0.15) is 23.3 Å². The Balaban J connectivity index is 0.000000178. The molecule has 2 amide bonds. The van der Waals surface area contributed by atoms with Gasteiger partial charge in [-0.05, 0) is 146 Å². The lowest BCUT2D eigenvalue weighted by Crippen LogP contribution is -2.40. The molecule has 2 saturated heterocycles. The lowest BCUT2D eigenvalue weighted by atomic mass is 9.93. The van der Waals surface area contributed by atoms with Crippen LogP contribution in [0, 0.1) is 23.5 Å². The van der Waals surface area contributed by atoms with Crippen molar-refractivity contribution >= 4 is 68.5 Å². The summed E-state index contributed by atoms with van der Waals surface area (Å²) in [6.45, 7) is 8.66. The van der Waals surface area contributed by atoms with Crippen molar-refractivity contribution in [1.29, 1.82) is 0 Å². The van der Waals surface area contributed by atoms with Gasteiger partial charge in [0, 0.05) is 52.1 Å². The fourth-order valence-electron chi connectivity index (χ4n) is 9.45. The van der Waals surface area contributed by atoms with Crippen LogP contribution in [0.4, 0.5) is 8.78 Å². The minimum absolute atomic E-state index is 0.0185. The standard InChI is InChI=1S/2C27H29FN4OS.C2H2O4/c2*28-22-9-7-21(8-10-22)19-32-24-5-2-1-4-23(24)30-26(32)18-20-11-14-31(15-12-20)16-13-29-27(33)25-6-3-17-34-25;3-1(4)2(5)6/h2*1-10,17,20H,11-16,18-19H2,(H,29,33);(H,3,4)(H,5,6). The number of fused-ring (bicyclic) bond motifs is 2. The number of carbonyl (C=O) groups excluding carboxylic acids is 2. The Labute approximate surface area is 436 Å². The third-order valence-corrected chi connectivity index (χ3v) is 15.2. The molecule has 10 rings (SSSR count). The first kappa shape index (κ1) is 53.2. The van der Waals surface area contributed by atoms with Crippen molar-refractivity contribution in [3.05, 3.63) is 176 Å². The number of benzene rings is 4. The molecule has 6 heterocycles. The lowest BCUT2D eigenvalue weighted by Gasteiger charge is -2.31. The summed E-state index contributed by atoms with van der Waals surface area (Å²) >= 11 is 2.94. The number of rotatable bonds is 16. The van der Waals surface area contributed by atoms with Gasteiger partial charge in [-0.1, -0.05) is 60.7 Å². The van der Waals surface area contributed by atoms with Gasteiger partial charge >= 0.3 is 11.9 Å². The number of piperidine rings is 2. The average molecular weight is 1040 g/mol. The topological polar surface area (TPSA) is 175 Å². The number of para-hydroxylation sites is 4. The van der Waals surface area contributed by atoms with E-state index in [4.69, 9.17) is 29.8 Å². The van der Waals surface area contributed by atoms with Crippen LogP contribution in [0.15, 0.2) is 132 Å². The van der Waals surface area contributed by atoms with E-state index in [1.807, 2.05) is 83.6 Å². The molecule has 386 valence electrons. The number of halogens is 2. The highest BCUT2D eigenvalue weighted by Crippen LogP contribution is 2.27. The molecule has 0 radical (unpaired) electrons. The fraction of sp³-hybridized carbons (Fsp3) is 0.321. The van der Waals surface area contributed by atoms with Crippen LogP contribution in [0.3, 0.4) is 0 Å². The normalized spacial score (nSPS) is 14.5. The number of likely N-dealkylation sites (tertiary alicyclic amines) is 2. The number of hydrogen-bond donors (Lipinski definition) is 4. The summed E-state index contributed by atoms with van der Waals surface area (Å²) in [6, 6.07) is 37.5. The van der Waals surface area contributed by atoms with Crippen molar-refractivity contribution in [2.75, 3.05) is 52.4 Å². The summed E-state index contributed by atoms with van der Waals surface area (Å²) in [5, 5.41) is 24.7. The smallest absolute Gasteiger partial charge is 0.414 e. The Hall–Kier alpha value is -7.12. The van der Waals surface area contributed by atoms with E-state index in [2.05, 4.69) is 53.8 Å². The lowest BCUT2D eigenvalue weighted by molar-refractivity contribution is -0.159. The van der Waals surface area contributed by atoms with Gasteiger partial charge in [-0.25, -0.2) is 28.3 Å². The summed E-state index contributed by atoms with van der Waals surface area (Å²) in [5.41, 5.74) is 6.42. The van der Waals surface area contributed by atoms with E-state index in [0.29, 0.717) is 38.0 Å².